The van der Waals surface area contributed by atoms with Crippen LogP contribution in [-0.4, -0.2) is 10.8 Å². The fourth-order valence-electron chi connectivity index (χ4n) is 2.81. The summed E-state index contributed by atoms with van der Waals surface area (Å²) in [5.41, 5.74) is 3.06. The van der Waals surface area contributed by atoms with E-state index in [-0.39, 0.29) is 10.8 Å². The van der Waals surface area contributed by atoms with Crippen LogP contribution in [0, 0.1) is 6.92 Å². The Balaban J connectivity index is 1.57. The van der Waals surface area contributed by atoms with Crippen LogP contribution in [0.25, 0.3) is 0 Å². The number of amides is 1. The third-order valence-electron chi connectivity index (χ3n) is 4.42. The zero-order valence-electron chi connectivity index (χ0n) is 14.2. The third-order valence-corrected chi connectivity index (χ3v) is 6.84. The number of carbonyl (C=O) groups excluding carboxylic acids is 1. The van der Waals surface area contributed by atoms with Gasteiger partial charge in [-0.25, -0.2) is 0 Å². The maximum Gasteiger partial charge on any atom is 0.248 e. The van der Waals surface area contributed by atoms with Crippen molar-refractivity contribution in [3.05, 3.63) is 86.8 Å². The number of hydrogen-bond acceptors (Lipinski definition) is 1. The third kappa shape index (κ3) is 4.67. The van der Waals surface area contributed by atoms with Gasteiger partial charge in [0.1, 0.15) is 0 Å². The zero-order chi connectivity index (χ0) is 18.7. The molecule has 134 valence electrons. The Morgan fingerprint density at radius 1 is 1.19 bits per heavy atom. The van der Waals surface area contributed by atoms with Gasteiger partial charge in [-0.15, -0.1) is 11.6 Å². The molecule has 1 aliphatic carbocycles. The number of carbonyl (C=O) groups is 1. The molecule has 2 aromatic rings. The molecular formula is C21H18Br2ClNO. The van der Waals surface area contributed by atoms with E-state index in [2.05, 4.69) is 49.3 Å². The Hall–Kier alpha value is -1.36. The van der Waals surface area contributed by atoms with Crippen molar-refractivity contribution in [2.75, 3.05) is 5.32 Å². The smallest absolute Gasteiger partial charge is 0.248 e. The number of allylic oxidation sites excluding steroid dienone is 3. The normalized spacial score (nSPS) is 22.1. The van der Waals surface area contributed by atoms with Gasteiger partial charge in [0.15, 0.2) is 0 Å². The van der Waals surface area contributed by atoms with E-state index >= 15 is 0 Å². The number of hydrogen-bond donors (Lipinski definition) is 1. The highest BCUT2D eigenvalue weighted by molar-refractivity contribution is 9.13. The van der Waals surface area contributed by atoms with Gasteiger partial charge in [-0.3, -0.25) is 4.79 Å². The summed E-state index contributed by atoms with van der Waals surface area (Å²) in [6.45, 7) is 1.96. The molecule has 1 aliphatic rings. The van der Waals surface area contributed by atoms with Gasteiger partial charge in [-0.1, -0.05) is 42.5 Å². The molecule has 26 heavy (non-hydrogen) atoms. The van der Waals surface area contributed by atoms with Gasteiger partial charge in [-0.2, -0.15) is 0 Å². The predicted octanol–water partition coefficient (Wildman–Crippen LogP) is 6.74. The second-order valence-corrected chi connectivity index (χ2v) is 8.79. The van der Waals surface area contributed by atoms with E-state index in [0.29, 0.717) is 5.92 Å². The van der Waals surface area contributed by atoms with Gasteiger partial charge in [0.05, 0.1) is 4.87 Å². The second-order valence-electron chi connectivity index (χ2n) is 6.38. The van der Waals surface area contributed by atoms with E-state index in [1.807, 2.05) is 49.4 Å². The maximum absolute atomic E-state index is 12.0. The van der Waals surface area contributed by atoms with Crippen molar-refractivity contribution >= 4 is 55.1 Å². The molecule has 2 aromatic carbocycles. The van der Waals surface area contributed by atoms with E-state index < -0.39 is 0 Å². The molecule has 2 nitrogen and oxygen atoms in total. The van der Waals surface area contributed by atoms with Gasteiger partial charge in [-0.05, 0) is 74.5 Å². The molecule has 0 aliphatic heterocycles. The van der Waals surface area contributed by atoms with Crippen LogP contribution in [0.5, 0.6) is 0 Å². The molecule has 5 heteroatoms. The van der Waals surface area contributed by atoms with E-state index in [1.165, 1.54) is 11.6 Å². The maximum atomic E-state index is 12.0. The van der Waals surface area contributed by atoms with E-state index in [9.17, 15) is 4.79 Å². The number of halogens is 3. The Morgan fingerprint density at radius 2 is 1.96 bits per heavy atom. The molecule has 3 rings (SSSR count). The molecule has 0 saturated heterocycles. The molecule has 1 saturated carbocycles. The van der Waals surface area contributed by atoms with Crippen molar-refractivity contribution in [1.82, 2.24) is 0 Å². The number of benzene rings is 2. The first-order chi connectivity index (χ1) is 12.4. The van der Waals surface area contributed by atoms with Crippen LogP contribution in [0.3, 0.4) is 0 Å². The summed E-state index contributed by atoms with van der Waals surface area (Å²) in [4.78, 5) is 11.6. The molecule has 0 bridgehead atoms. The molecule has 1 fully saturated rings. The number of nitrogens with one attached hydrogen (secondary N) is 1. The zero-order valence-corrected chi connectivity index (χ0v) is 18.1. The molecular weight excluding hydrogens is 477 g/mol. The molecule has 2 atom stereocenters. The molecule has 1 amide bonds. The average molecular weight is 496 g/mol. The highest BCUT2D eigenvalue weighted by atomic mass is 79.9. The van der Waals surface area contributed by atoms with Crippen LogP contribution in [-0.2, 0) is 4.79 Å². The number of anilines is 1. The van der Waals surface area contributed by atoms with Gasteiger partial charge < -0.3 is 5.32 Å². The highest BCUT2D eigenvalue weighted by Gasteiger charge is 2.51. The Labute approximate surface area is 175 Å². The quantitative estimate of drug-likeness (QED) is 0.278. The van der Waals surface area contributed by atoms with Crippen LogP contribution in [0.1, 0.15) is 23.5 Å². The van der Waals surface area contributed by atoms with Crippen LogP contribution >= 0.6 is 43.5 Å². The van der Waals surface area contributed by atoms with Crippen LogP contribution < -0.4 is 5.32 Å². The lowest BCUT2D eigenvalue weighted by Gasteiger charge is -2.05. The lowest BCUT2D eigenvalue weighted by Crippen LogP contribution is -2.08. The fourth-order valence-corrected chi connectivity index (χ4v) is 3.80. The van der Waals surface area contributed by atoms with Gasteiger partial charge in [0.25, 0.3) is 0 Å². The monoisotopic (exact) mass is 493 g/mol. The first-order valence-electron chi connectivity index (χ1n) is 8.25. The van der Waals surface area contributed by atoms with E-state index in [1.54, 1.807) is 6.08 Å². The summed E-state index contributed by atoms with van der Waals surface area (Å²) in [6.07, 6.45) is 7.94. The summed E-state index contributed by atoms with van der Waals surface area (Å²) < 4.78 is 2.05. The minimum Gasteiger partial charge on any atom is -0.322 e. The van der Waals surface area contributed by atoms with Crippen molar-refractivity contribution in [2.24, 2.45) is 0 Å². The molecule has 0 radical (unpaired) electrons. The topological polar surface area (TPSA) is 29.1 Å². The van der Waals surface area contributed by atoms with Crippen LogP contribution in [0.15, 0.2) is 75.7 Å². The molecule has 0 spiro atoms. The molecule has 0 heterocycles. The fraction of sp³-hybridized carbons (Fsp3) is 0.190. The summed E-state index contributed by atoms with van der Waals surface area (Å²) >= 11 is 13.7. The van der Waals surface area contributed by atoms with E-state index in [0.717, 1.165) is 26.6 Å². The first-order valence-corrected chi connectivity index (χ1v) is 10.2. The minimum absolute atomic E-state index is 0.156. The molecule has 2 unspecified atom stereocenters. The summed E-state index contributed by atoms with van der Waals surface area (Å²) in [5, 5.41) is 2.87. The lowest BCUT2D eigenvalue weighted by atomic mass is 10.1. The minimum atomic E-state index is -0.371. The van der Waals surface area contributed by atoms with Gasteiger partial charge >= 0.3 is 0 Å². The molecule has 1 N–H and O–H groups in total. The van der Waals surface area contributed by atoms with Gasteiger partial charge in [0, 0.05) is 26.6 Å². The van der Waals surface area contributed by atoms with Crippen molar-refractivity contribution in [3.8, 4) is 0 Å². The number of rotatable bonds is 5. The Bertz CT molecular complexity index is 893. The summed E-state index contributed by atoms with van der Waals surface area (Å²) in [5.74, 6) is 0.135. The highest BCUT2D eigenvalue weighted by Crippen LogP contribution is 2.57. The van der Waals surface area contributed by atoms with Crippen LogP contribution in [0.4, 0.5) is 5.69 Å². The Morgan fingerprint density at radius 3 is 2.69 bits per heavy atom. The summed E-state index contributed by atoms with van der Waals surface area (Å²) in [7, 11) is 0. The Kier molecular flexibility index (Phi) is 6.06. The average Bonchev–Trinajstić information content (AvgIpc) is 3.28. The second kappa shape index (κ2) is 8.12. The molecule has 0 aromatic heterocycles. The van der Waals surface area contributed by atoms with Crippen molar-refractivity contribution in [2.45, 2.75) is 24.1 Å². The largest absolute Gasteiger partial charge is 0.322 e. The first kappa shape index (κ1) is 19.4. The number of alkyl halides is 1. The van der Waals surface area contributed by atoms with Crippen molar-refractivity contribution < 1.29 is 4.79 Å². The van der Waals surface area contributed by atoms with Crippen molar-refractivity contribution in [3.63, 3.8) is 0 Å². The standard InChI is InChI=1S/C21H18Br2ClNO/c1-14-6-2-3-7-19(14)25-20(26)8-4-5-11-21(24)13-16(21)15-9-10-17(22)18(23)12-15/h2-12,16H,13H2,1H3,(H,25,26)/b8-4+,11-5+. The van der Waals surface area contributed by atoms with E-state index in [4.69, 9.17) is 11.6 Å². The SMILES string of the molecule is Cc1ccccc1NC(=O)/C=C/C=C/C1(Cl)CC1c1ccc(Br)c(Br)c1. The number of aryl methyl sites for hydroxylation is 1. The van der Waals surface area contributed by atoms with Gasteiger partial charge in [0.2, 0.25) is 5.91 Å². The van der Waals surface area contributed by atoms with Crippen molar-refractivity contribution in [1.29, 1.82) is 0 Å². The lowest BCUT2D eigenvalue weighted by molar-refractivity contribution is -0.111. The predicted molar refractivity (Wildman–Crippen MR) is 116 cm³/mol. The summed E-state index contributed by atoms with van der Waals surface area (Å²) in [6, 6.07) is 13.9. The number of para-hydroxylation sites is 1. The van der Waals surface area contributed by atoms with Crippen LogP contribution in [0.2, 0.25) is 0 Å².